The van der Waals surface area contributed by atoms with Gasteiger partial charge >= 0.3 is 112 Å². The van der Waals surface area contributed by atoms with Gasteiger partial charge in [-0.1, -0.05) is 0 Å². The fraction of sp³-hybridized carbons (Fsp3) is 0. The maximum atomic E-state index is 3.27. The van der Waals surface area contributed by atoms with Crippen molar-refractivity contribution in [3.05, 3.63) is 0 Å². The van der Waals surface area contributed by atoms with Crippen molar-refractivity contribution in [2.24, 2.45) is 0 Å². The van der Waals surface area contributed by atoms with Gasteiger partial charge in [0.05, 0.1) is 0 Å². The van der Waals surface area contributed by atoms with Gasteiger partial charge in [0.25, 0.3) is 0 Å². The first kappa shape index (κ1) is 10.8. The Morgan fingerprint density at radius 3 is 1.25 bits per heavy atom. The summed E-state index contributed by atoms with van der Waals surface area (Å²) in [6.07, 6.45) is 0. The molecule has 0 atom stereocenters. The van der Waals surface area contributed by atoms with E-state index in [0.717, 1.165) is 0 Å². The summed E-state index contributed by atoms with van der Waals surface area (Å²) in [6, 6.07) is 0. The van der Waals surface area contributed by atoms with Crippen LogP contribution < -0.4 is 0 Å². The van der Waals surface area contributed by atoms with E-state index in [2.05, 4.69) is 24.0 Å². The number of halogens is 2. The van der Waals surface area contributed by atoms with Crippen LogP contribution in [0.2, 0.25) is 0 Å². The van der Waals surface area contributed by atoms with Crippen molar-refractivity contribution < 1.29 is 19.4 Å². The van der Waals surface area contributed by atoms with Crippen LogP contribution in [0.25, 0.3) is 0 Å². The molecule has 0 radical (unpaired) electrons. The Bertz CT molecular complexity index is 6.00. The van der Waals surface area contributed by atoms with Crippen molar-refractivity contribution in [3.63, 3.8) is 0 Å². The standard InChI is InChI=1S/2BrH.Cd.Cs.H/h2*1H;;;/q;;+2;;/p-2. The summed E-state index contributed by atoms with van der Waals surface area (Å²) in [5.74, 6) is 0. The molecule has 0 spiro atoms. The van der Waals surface area contributed by atoms with Gasteiger partial charge < -0.3 is 0 Å². The molecular weight excluding hydrogens is 405 g/mol. The summed E-state index contributed by atoms with van der Waals surface area (Å²) < 4.78 is 0. The van der Waals surface area contributed by atoms with Crippen LogP contribution in [0.1, 0.15) is 0 Å². The zero-order valence-corrected chi connectivity index (χ0v) is 8.67. The molecule has 0 saturated carbocycles. The molecule has 4 heavy (non-hydrogen) atoms. The van der Waals surface area contributed by atoms with Gasteiger partial charge in [-0.25, -0.2) is 0 Å². The molecule has 18 valence electrons. The summed E-state index contributed by atoms with van der Waals surface area (Å²) in [6.45, 7) is 0. The average molecular weight is 406 g/mol. The quantitative estimate of drug-likeness (QED) is 0.528. The molecule has 0 aliphatic heterocycles. The van der Waals surface area contributed by atoms with Crippen molar-refractivity contribution in [2.45, 2.75) is 0 Å². The minimum absolute atomic E-state index is 0. The van der Waals surface area contributed by atoms with Crippen LogP contribution in [0.4, 0.5) is 0 Å². The van der Waals surface area contributed by atoms with Gasteiger partial charge in [0.1, 0.15) is 0 Å². The van der Waals surface area contributed by atoms with Crippen LogP contribution in [-0.2, 0) is 19.4 Å². The Labute approximate surface area is 108 Å². The third-order valence-corrected chi connectivity index (χ3v) is 0. The molecule has 0 fully saturated rings. The van der Waals surface area contributed by atoms with Gasteiger partial charge in [0.2, 0.25) is 0 Å². The molecule has 0 nitrogen and oxygen atoms in total. The van der Waals surface area contributed by atoms with Crippen LogP contribution in [-0.4, -0.2) is 68.9 Å². The molecule has 0 rings (SSSR count). The first-order valence-corrected chi connectivity index (χ1v) is 18.6. The van der Waals surface area contributed by atoms with Gasteiger partial charge in [-0.3, -0.25) is 0 Å². The van der Waals surface area contributed by atoms with Crippen LogP contribution in [0.3, 0.4) is 0 Å². The van der Waals surface area contributed by atoms with Crippen LogP contribution in [0, 0.1) is 0 Å². The van der Waals surface area contributed by atoms with Gasteiger partial charge in [-0.15, -0.1) is 0 Å². The van der Waals surface area contributed by atoms with Crippen LogP contribution in [0.15, 0.2) is 0 Å². The van der Waals surface area contributed by atoms with E-state index in [1.165, 1.54) is 0 Å². The molecule has 0 saturated heterocycles. The normalized spacial score (nSPS) is 2.50. The van der Waals surface area contributed by atoms with Crippen molar-refractivity contribution in [3.8, 4) is 0 Å². The molecule has 4 heteroatoms. The average Bonchev–Trinajstić information content (AvgIpc) is 0.918. The Morgan fingerprint density at radius 1 is 1.25 bits per heavy atom. The summed E-state index contributed by atoms with van der Waals surface area (Å²) in [5.41, 5.74) is 0. The maximum absolute atomic E-state index is 3.27. The predicted molar refractivity (Wildman–Crippen MR) is 25.0 cm³/mol. The van der Waals surface area contributed by atoms with Crippen LogP contribution in [0.5, 0.6) is 0 Å². The fourth-order valence-corrected chi connectivity index (χ4v) is 0. The summed E-state index contributed by atoms with van der Waals surface area (Å²) in [7, 11) is 0. The number of hydrogen-bond acceptors (Lipinski definition) is 0. The van der Waals surface area contributed by atoms with E-state index in [-0.39, 0.29) is 88.3 Å². The molecule has 0 bridgehead atoms. The Kier molecular flexibility index (Phi) is 27.2. The van der Waals surface area contributed by atoms with E-state index in [0.29, 0.717) is 0 Å². The topological polar surface area (TPSA) is 0 Å². The Morgan fingerprint density at radius 2 is 1.25 bits per heavy atom. The van der Waals surface area contributed by atoms with E-state index < -0.39 is 0 Å². The van der Waals surface area contributed by atoms with Crippen molar-refractivity contribution in [1.82, 2.24) is 0 Å². The summed E-state index contributed by atoms with van der Waals surface area (Å²) in [5, 5.41) is 0. The third-order valence-electron chi connectivity index (χ3n) is 0. The van der Waals surface area contributed by atoms with Crippen molar-refractivity contribution in [1.29, 1.82) is 0 Å². The Hall–Kier alpha value is 3.93. The molecule has 0 N–H and O–H groups in total. The second-order valence-corrected chi connectivity index (χ2v) is 18.3. The third kappa shape index (κ3) is 9.33. The second kappa shape index (κ2) is 10.0. The van der Waals surface area contributed by atoms with E-state index >= 15 is 0 Å². The van der Waals surface area contributed by atoms with E-state index in [9.17, 15) is 0 Å². The van der Waals surface area contributed by atoms with Gasteiger partial charge in [-0.05, 0) is 0 Å². The SMILES string of the molecule is [Br][Cd][Br].[CsH]. The molecule has 0 aromatic heterocycles. The zero-order valence-electron chi connectivity index (χ0n) is 1.46. The molecular formula is HBr2CdCs. The fourth-order valence-electron chi connectivity index (χ4n) is 0. The predicted octanol–water partition coefficient (Wildman–Crippen LogP) is 1.04. The summed E-state index contributed by atoms with van der Waals surface area (Å²) >= 11 is 6.16. The first-order chi connectivity index (χ1) is 1.41. The van der Waals surface area contributed by atoms with Gasteiger partial charge in [0, 0.05) is 0 Å². The molecule has 0 aromatic carbocycles. The van der Waals surface area contributed by atoms with E-state index in [4.69, 9.17) is 0 Å². The monoisotopic (exact) mass is 406 g/mol. The van der Waals surface area contributed by atoms with Crippen molar-refractivity contribution >= 4 is 92.9 Å². The Balaban J connectivity index is 0. The molecule has 0 amide bonds. The molecule has 0 unspecified atom stereocenters. The summed E-state index contributed by atoms with van der Waals surface area (Å²) in [4.78, 5) is 0. The number of rotatable bonds is 0. The van der Waals surface area contributed by atoms with E-state index in [1.807, 2.05) is 0 Å². The number of hydrogen-bond donors (Lipinski definition) is 0. The molecule has 0 heterocycles. The first-order valence-electron chi connectivity index (χ1n) is 0.535. The van der Waals surface area contributed by atoms with Gasteiger partial charge in [-0.2, -0.15) is 0 Å². The second-order valence-electron chi connectivity index (χ2n) is 0.101. The van der Waals surface area contributed by atoms with Gasteiger partial charge in [0.15, 0.2) is 0 Å². The molecule has 0 aliphatic carbocycles. The molecule has 0 aromatic rings. The minimum atomic E-state index is -0.385. The molecule has 0 aliphatic rings. The van der Waals surface area contributed by atoms with E-state index in [1.54, 1.807) is 0 Å². The van der Waals surface area contributed by atoms with Crippen molar-refractivity contribution in [2.75, 3.05) is 0 Å². The van der Waals surface area contributed by atoms with Crippen LogP contribution >= 0.6 is 24.0 Å². The zero-order chi connectivity index (χ0) is 2.71.